The van der Waals surface area contributed by atoms with Crippen LogP contribution in [0.5, 0.6) is 0 Å². The Morgan fingerprint density at radius 1 is 1.15 bits per heavy atom. The molecule has 2 heteroatoms. The third kappa shape index (κ3) is 3.83. The second-order valence-corrected chi connectivity index (χ2v) is 6.70. The topological polar surface area (TPSA) is 12.0 Å². The van der Waals surface area contributed by atoms with Crippen LogP contribution in [-0.2, 0) is 6.42 Å². The average molecular weight is 289 g/mol. The van der Waals surface area contributed by atoms with Gasteiger partial charge in [-0.15, -0.1) is 11.3 Å². The summed E-state index contributed by atoms with van der Waals surface area (Å²) in [6.45, 7) is 8.05. The Bertz CT molecular complexity index is 517. The highest BCUT2D eigenvalue weighted by molar-refractivity contribution is 7.17. The minimum Gasteiger partial charge on any atom is -0.313 e. The normalized spacial score (nSPS) is 14.6. The molecule has 0 saturated carbocycles. The Balaban J connectivity index is 2.13. The van der Waals surface area contributed by atoms with Crippen molar-refractivity contribution < 1.29 is 0 Å². The average Bonchev–Trinajstić information content (AvgIpc) is 2.87. The van der Waals surface area contributed by atoms with Crippen LogP contribution in [0, 0.1) is 5.92 Å². The van der Waals surface area contributed by atoms with Crippen molar-refractivity contribution in [1.82, 2.24) is 5.32 Å². The summed E-state index contributed by atoms with van der Waals surface area (Å²) in [5.74, 6) is 0.741. The maximum Gasteiger partial charge on any atom is 0.0345 e. The van der Waals surface area contributed by atoms with E-state index >= 15 is 0 Å². The summed E-state index contributed by atoms with van der Waals surface area (Å²) < 4.78 is 1.42. The van der Waals surface area contributed by atoms with Crippen molar-refractivity contribution in [3.8, 4) is 0 Å². The van der Waals surface area contributed by atoms with Crippen molar-refractivity contribution in [2.75, 3.05) is 6.54 Å². The van der Waals surface area contributed by atoms with E-state index in [-0.39, 0.29) is 0 Å². The fourth-order valence-electron chi connectivity index (χ4n) is 2.89. The first-order valence-electron chi connectivity index (χ1n) is 7.94. The lowest BCUT2D eigenvalue weighted by molar-refractivity contribution is 0.353. The molecule has 20 heavy (non-hydrogen) atoms. The molecule has 0 bridgehead atoms. The highest BCUT2D eigenvalue weighted by atomic mass is 32.1. The lowest BCUT2D eigenvalue weighted by Gasteiger charge is -2.25. The Kier molecular flexibility index (Phi) is 6.06. The summed E-state index contributed by atoms with van der Waals surface area (Å²) in [4.78, 5) is 0. The van der Waals surface area contributed by atoms with E-state index in [1.54, 1.807) is 0 Å². The van der Waals surface area contributed by atoms with Crippen molar-refractivity contribution in [3.05, 3.63) is 35.2 Å². The molecule has 2 atom stereocenters. The van der Waals surface area contributed by atoms with Crippen molar-refractivity contribution in [2.24, 2.45) is 5.92 Å². The monoisotopic (exact) mass is 289 g/mol. The van der Waals surface area contributed by atoms with Crippen LogP contribution in [0.15, 0.2) is 29.6 Å². The number of benzene rings is 1. The summed E-state index contributed by atoms with van der Waals surface area (Å²) in [6.07, 6.45) is 4.95. The molecule has 1 aromatic heterocycles. The summed E-state index contributed by atoms with van der Waals surface area (Å²) >= 11 is 1.88. The van der Waals surface area contributed by atoms with Gasteiger partial charge in [-0.3, -0.25) is 0 Å². The van der Waals surface area contributed by atoms with Gasteiger partial charge in [0.25, 0.3) is 0 Å². The van der Waals surface area contributed by atoms with Gasteiger partial charge in [0.2, 0.25) is 0 Å². The maximum atomic E-state index is 3.76. The van der Waals surface area contributed by atoms with E-state index in [1.165, 1.54) is 34.9 Å². The molecule has 2 rings (SSSR count). The molecule has 1 aromatic carbocycles. The Hall–Kier alpha value is -0.860. The van der Waals surface area contributed by atoms with Crippen molar-refractivity contribution in [3.63, 3.8) is 0 Å². The predicted octanol–water partition coefficient (Wildman–Crippen LogP) is 5.25. The van der Waals surface area contributed by atoms with E-state index in [9.17, 15) is 0 Å². The molecule has 0 fully saturated rings. The van der Waals surface area contributed by atoms with Crippen LogP contribution in [0.4, 0.5) is 0 Å². The molecule has 0 aliphatic carbocycles. The van der Waals surface area contributed by atoms with Gasteiger partial charge in [-0.05, 0) is 54.1 Å². The van der Waals surface area contributed by atoms with Crippen molar-refractivity contribution in [2.45, 2.75) is 52.5 Å². The molecule has 0 saturated heterocycles. The minimum atomic E-state index is 0.605. The van der Waals surface area contributed by atoms with Crippen LogP contribution in [0.1, 0.15) is 45.6 Å². The molecule has 0 aliphatic rings. The Labute approximate surface area is 127 Å². The molecule has 1 nitrogen and oxygen atoms in total. The van der Waals surface area contributed by atoms with Crippen molar-refractivity contribution >= 4 is 21.4 Å². The lowest BCUT2D eigenvalue weighted by atomic mass is 9.91. The van der Waals surface area contributed by atoms with Crippen LogP contribution in [0.2, 0.25) is 0 Å². The number of rotatable bonds is 8. The molecule has 1 heterocycles. The third-order valence-electron chi connectivity index (χ3n) is 4.09. The first-order valence-corrected chi connectivity index (χ1v) is 8.82. The standard InChI is InChI=1S/C18H27NS/c1-4-8-14(3)17(19-11-5-2)12-15-13-20-18-10-7-6-9-16(15)18/h6-7,9-10,13-14,17,19H,4-5,8,11-12H2,1-3H3. The summed E-state index contributed by atoms with van der Waals surface area (Å²) in [5.41, 5.74) is 1.52. The van der Waals surface area contributed by atoms with Crippen molar-refractivity contribution in [1.29, 1.82) is 0 Å². The minimum absolute atomic E-state index is 0.605. The van der Waals surface area contributed by atoms with E-state index in [0.29, 0.717) is 6.04 Å². The lowest BCUT2D eigenvalue weighted by Crippen LogP contribution is -2.37. The van der Waals surface area contributed by atoms with Gasteiger partial charge in [0.05, 0.1) is 0 Å². The number of hydrogen-bond donors (Lipinski definition) is 1. The second-order valence-electron chi connectivity index (χ2n) is 5.79. The number of fused-ring (bicyclic) bond motifs is 1. The van der Waals surface area contributed by atoms with E-state index in [1.807, 2.05) is 11.3 Å². The summed E-state index contributed by atoms with van der Waals surface area (Å²) in [6, 6.07) is 9.39. The smallest absolute Gasteiger partial charge is 0.0345 e. The summed E-state index contributed by atoms with van der Waals surface area (Å²) in [7, 11) is 0. The molecule has 0 radical (unpaired) electrons. The third-order valence-corrected chi connectivity index (χ3v) is 5.10. The van der Waals surface area contributed by atoms with Crippen LogP contribution < -0.4 is 5.32 Å². The predicted molar refractivity (Wildman–Crippen MR) is 91.7 cm³/mol. The Morgan fingerprint density at radius 3 is 2.70 bits per heavy atom. The quantitative estimate of drug-likeness (QED) is 0.700. The van der Waals surface area contributed by atoms with Crippen LogP contribution in [0.3, 0.4) is 0 Å². The molecule has 0 spiro atoms. The molecule has 0 amide bonds. The largest absolute Gasteiger partial charge is 0.313 e. The zero-order valence-electron chi connectivity index (χ0n) is 13.0. The highest BCUT2D eigenvalue weighted by Gasteiger charge is 2.18. The van der Waals surface area contributed by atoms with Gasteiger partial charge in [0, 0.05) is 10.7 Å². The first-order chi connectivity index (χ1) is 9.76. The number of nitrogens with one attached hydrogen (secondary N) is 1. The molecule has 2 unspecified atom stereocenters. The van der Waals surface area contributed by atoms with Crippen LogP contribution in [-0.4, -0.2) is 12.6 Å². The van der Waals surface area contributed by atoms with Crippen LogP contribution >= 0.6 is 11.3 Å². The molecular weight excluding hydrogens is 262 g/mol. The molecule has 110 valence electrons. The van der Waals surface area contributed by atoms with E-state index < -0.39 is 0 Å². The molecular formula is C18H27NS. The Morgan fingerprint density at radius 2 is 1.95 bits per heavy atom. The van der Waals surface area contributed by atoms with Gasteiger partial charge in [-0.1, -0.05) is 45.4 Å². The zero-order valence-corrected chi connectivity index (χ0v) is 13.8. The fourth-order valence-corrected chi connectivity index (χ4v) is 3.86. The van der Waals surface area contributed by atoms with Crippen LogP contribution in [0.25, 0.3) is 10.1 Å². The van der Waals surface area contributed by atoms with Gasteiger partial charge in [0.15, 0.2) is 0 Å². The highest BCUT2D eigenvalue weighted by Crippen LogP contribution is 2.28. The zero-order chi connectivity index (χ0) is 14.4. The SMILES string of the molecule is CCCNC(Cc1csc2ccccc12)C(C)CCC. The number of thiophene rings is 1. The van der Waals surface area contributed by atoms with Gasteiger partial charge < -0.3 is 5.32 Å². The van der Waals surface area contributed by atoms with E-state index in [0.717, 1.165) is 18.9 Å². The van der Waals surface area contributed by atoms with E-state index in [2.05, 4.69) is 55.7 Å². The van der Waals surface area contributed by atoms with E-state index in [4.69, 9.17) is 0 Å². The van der Waals surface area contributed by atoms with Gasteiger partial charge >= 0.3 is 0 Å². The fraction of sp³-hybridized carbons (Fsp3) is 0.556. The molecule has 2 aromatic rings. The van der Waals surface area contributed by atoms with Gasteiger partial charge in [0.1, 0.15) is 0 Å². The first kappa shape index (κ1) is 15.5. The second kappa shape index (κ2) is 7.80. The molecule has 1 N–H and O–H groups in total. The summed E-state index contributed by atoms with van der Waals surface area (Å²) in [5, 5.41) is 7.56. The molecule has 0 aliphatic heterocycles. The van der Waals surface area contributed by atoms with Gasteiger partial charge in [-0.2, -0.15) is 0 Å². The number of hydrogen-bond acceptors (Lipinski definition) is 2. The van der Waals surface area contributed by atoms with Gasteiger partial charge in [-0.25, -0.2) is 0 Å². The maximum absolute atomic E-state index is 3.76.